The number of hydrogen-bond acceptors (Lipinski definition) is 7. The van der Waals surface area contributed by atoms with Crippen molar-refractivity contribution in [2.75, 3.05) is 66.3 Å². The fourth-order valence-corrected chi connectivity index (χ4v) is 4.98. The quantitative estimate of drug-likeness (QED) is 0.107. The predicted molar refractivity (Wildman–Crippen MR) is 184 cm³/mol. The van der Waals surface area contributed by atoms with E-state index in [1.54, 1.807) is 11.9 Å². The number of nitrogens with zero attached hydrogens (tertiary/aromatic N) is 1. The van der Waals surface area contributed by atoms with Crippen molar-refractivity contribution in [1.82, 2.24) is 15.2 Å². The van der Waals surface area contributed by atoms with Gasteiger partial charge in [-0.25, -0.2) is 0 Å². The molecule has 3 aromatic carbocycles. The lowest BCUT2D eigenvalue weighted by molar-refractivity contribution is -0.129. The Labute approximate surface area is 277 Å². The third kappa shape index (κ3) is 12.1. The Kier molecular flexibility index (Phi) is 15.2. The molecule has 0 saturated carbocycles. The first kappa shape index (κ1) is 35.6. The van der Waals surface area contributed by atoms with E-state index in [-0.39, 0.29) is 18.2 Å². The monoisotopic (exact) mass is 644 g/mol. The highest BCUT2D eigenvalue weighted by molar-refractivity contribution is 6.03. The van der Waals surface area contributed by atoms with Crippen LogP contribution in [0.2, 0.25) is 0 Å². The van der Waals surface area contributed by atoms with Crippen molar-refractivity contribution in [3.05, 3.63) is 101 Å². The number of hydrogen-bond donors (Lipinski definition) is 3. The van der Waals surface area contributed by atoms with Gasteiger partial charge in [0.2, 0.25) is 5.91 Å². The molecule has 252 valence electrons. The molecule has 4 rings (SSSR count). The number of aromatic nitrogens is 1. The molecule has 1 heterocycles. The molecule has 0 aliphatic heterocycles. The summed E-state index contributed by atoms with van der Waals surface area (Å²) in [4.78, 5) is 31.8. The minimum Gasteiger partial charge on any atom is -0.489 e. The number of benzene rings is 3. The van der Waals surface area contributed by atoms with Crippen molar-refractivity contribution < 1.29 is 28.5 Å². The molecular weight excluding hydrogens is 596 g/mol. The van der Waals surface area contributed by atoms with E-state index in [2.05, 4.69) is 22.4 Å². The van der Waals surface area contributed by atoms with Crippen molar-refractivity contribution in [3.8, 4) is 5.75 Å². The lowest BCUT2D eigenvalue weighted by Gasteiger charge is -2.18. The van der Waals surface area contributed by atoms with Gasteiger partial charge >= 0.3 is 0 Å². The number of carbonyl (C=O) groups excluding carboxylic acids is 2. The summed E-state index contributed by atoms with van der Waals surface area (Å²) in [5.41, 5.74) is 9.46. The second-order valence-electron chi connectivity index (χ2n) is 11.3. The van der Waals surface area contributed by atoms with Crippen LogP contribution in [0.25, 0.3) is 10.9 Å². The molecule has 4 N–H and O–H groups in total. The number of nitrogens with two attached hydrogens (primary N) is 1. The summed E-state index contributed by atoms with van der Waals surface area (Å²) in [6.07, 6.45) is 2.32. The van der Waals surface area contributed by atoms with E-state index in [4.69, 9.17) is 24.7 Å². The lowest BCUT2D eigenvalue weighted by atomic mass is 10.1. The standard InChI is InChI=1S/C37H48N4O6/c1-41(19-16-29-10-4-2-5-11-29)35(42)27-33-32-26-31(47-28-30-12-6-3-7-13-30)14-15-34(32)40-36(33)37(43)39-18-9-21-45-23-25-46-24-22-44-20-8-17-38/h2-7,10-15,26,40H,8-9,16-25,27-28,38H2,1H3,(H,39,43). The van der Waals surface area contributed by atoms with Gasteiger partial charge in [-0.05, 0) is 55.1 Å². The van der Waals surface area contributed by atoms with Crippen LogP contribution in [0, 0.1) is 0 Å². The van der Waals surface area contributed by atoms with Crippen LogP contribution < -0.4 is 15.8 Å². The molecule has 0 spiro atoms. The molecule has 2 amide bonds. The molecule has 10 nitrogen and oxygen atoms in total. The van der Waals surface area contributed by atoms with E-state index in [0.29, 0.717) is 89.3 Å². The molecule has 0 radical (unpaired) electrons. The van der Waals surface area contributed by atoms with Crippen LogP contribution >= 0.6 is 0 Å². The van der Waals surface area contributed by atoms with Crippen LogP contribution in [-0.4, -0.2) is 88.0 Å². The maximum atomic E-state index is 13.4. The van der Waals surface area contributed by atoms with Gasteiger partial charge in [-0.3, -0.25) is 9.59 Å². The first-order valence-electron chi connectivity index (χ1n) is 16.4. The number of nitrogens with one attached hydrogen (secondary N) is 2. The number of H-pyrrole nitrogens is 1. The molecular formula is C37H48N4O6. The molecule has 0 atom stereocenters. The Morgan fingerprint density at radius 1 is 0.809 bits per heavy atom. The van der Waals surface area contributed by atoms with Gasteiger partial charge in [-0.1, -0.05) is 60.7 Å². The molecule has 1 aromatic heterocycles. The van der Waals surface area contributed by atoms with Crippen LogP contribution in [0.15, 0.2) is 78.9 Å². The van der Waals surface area contributed by atoms with Crippen LogP contribution in [0.3, 0.4) is 0 Å². The summed E-state index contributed by atoms with van der Waals surface area (Å²) in [5, 5.41) is 3.77. The minimum atomic E-state index is -0.263. The van der Waals surface area contributed by atoms with Gasteiger partial charge in [0.05, 0.1) is 32.8 Å². The SMILES string of the molecule is CN(CCc1ccccc1)C(=O)Cc1c(C(=O)NCCCOCCOCCOCCCN)[nH]c2ccc(OCc3ccccc3)cc12. The van der Waals surface area contributed by atoms with E-state index in [9.17, 15) is 9.59 Å². The summed E-state index contributed by atoms with van der Waals surface area (Å²) in [5.74, 6) is 0.337. The second-order valence-corrected chi connectivity index (χ2v) is 11.3. The highest BCUT2D eigenvalue weighted by Gasteiger charge is 2.22. The Balaban J connectivity index is 1.33. The topological polar surface area (TPSA) is 128 Å². The second kappa shape index (κ2) is 20.1. The third-order valence-electron chi connectivity index (χ3n) is 7.67. The average molecular weight is 645 g/mol. The minimum absolute atomic E-state index is 0.0655. The summed E-state index contributed by atoms with van der Waals surface area (Å²) in [6.45, 7) is 5.19. The number of aromatic amines is 1. The van der Waals surface area contributed by atoms with Crippen LogP contribution in [-0.2, 0) is 38.5 Å². The summed E-state index contributed by atoms with van der Waals surface area (Å²) in [7, 11) is 1.80. The van der Waals surface area contributed by atoms with E-state index in [1.807, 2.05) is 66.7 Å². The normalized spacial score (nSPS) is 11.1. The maximum Gasteiger partial charge on any atom is 0.268 e. The fraction of sp³-hybridized carbons (Fsp3) is 0.405. The molecule has 0 aliphatic rings. The maximum absolute atomic E-state index is 13.4. The Hall–Kier alpha value is -4.22. The number of likely N-dealkylation sites (N-methyl/N-ethyl adjacent to an activating group) is 1. The van der Waals surface area contributed by atoms with Crippen LogP contribution in [0.5, 0.6) is 5.75 Å². The number of carbonyl (C=O) groups is 2. The number of amides is 2. The Morgan fingerprint density at radius 3 is 2.13 bits per heavy atom. The molecule has 10 heteroatoms. The smallest absolute Gasteiger partial charge is 0.268 e. The van der Waals surface area contributed by atoms with Gasteiger partial charge in [-0.2, -0.15) is 0 Å². The zero-order valence-electron chi connectivity index (χ0n) is 27.4. The average Bonchev–Trinajstić information content (AvgIpc) is 3.46. The largest absolute Gasteiger partial charge is 0.489 e. The van der Waals surface area contributed by atoms with E-state index in [0.717, 1.165) is 29.3 Å². The van der Waals surface area contributed by atoms with Gasteiger partial charge in [0.25, 0.3) is 5.91 Å². The van der Waals surface area contributed by atoms with Crippen molar-refractivity contribution >= 4 is 22.7 Å². The molecule has 0 aliphatic carbocycles. The first-order chi connectivity index (χ1) is 23.0. The molecule has 0 fully saturated rings. The van der Waals surface area contributed by atoms with Crippen molar-refractivity contribution in [3.63, 3.8) is 0 Å². The highest BCUT2D eigenvalue weighted by Crippen LogP contribution is 2.28. The number of rotatable bonds is 22. The Morgan fingerprint density at radius 2 is 1.45 bits per heavy atom. The molecule has 4 aromatic rings. The predicted octanol–water partition coefficient (Wildman–Crippen LogP) is 4.51. The molecule has 0 unspecified atom stereocenters. The summed E-state index contributed by atoms with van der Waals surface area (Å²) in [6, 6.07) is 25.7. The zero-order chi connectivity index (χ0) is 33.1. The van der Waals surface area contributed by atoms with Gasteiger partial charge in [0.1, 0.15) is 18.1 Å². The van der Waals surface area contributed by atoms with Crippen LogP contribution in [0.4, 0.5) is 0 Å². The van der Waals surface area contributed by atoms with Gasteiger partial charge in [-0.15, -0.1) is 0 Å². The molecule has 0 saturated heterocycles. The molecule has 47 heavy (non-hydrogen) atoms. The lowest BCUT2D eigenvalue weighted by Crippen LogP contribution is -2.31. The number of ether oxygens (including phenoxy) is 4. The van der Waals surface area contributed by atoms with E-state index < -0.39 is 0 Å². The van der Waals surface area contributed by atoms with Gasteiger partial charge < -0.3 is 39.9 Å². The van der Waals surface area contributed by atoms with Crippen molar-refractivity contribution in [1.29, 1.82) is 0 Å². The van der Waals surface area contributed by atoms with Crippen molar-refractivity contribution in [2.45, 2.75) is 32.3 Å². The zero-order valence-corrected chi connectivity index (χ0v) is 27.4. The summed E-state index contributed by atoms with van der Waals surface area (Å²) >= 11 is 0. The summed E-state index contributed by atoms with van der Waals surface area (Å²) < 4.78 is 22.6. The van der Waals surface area contributed by atoms with Crippen molar-refractivity contribution in [2.24, 2.45) is 5.73 Å². The first-order valence-corrected chi connectivity index (χ1v) is 16.4. The highest BCUT2D eigenvalue weighted by atomic mass is 16.5. The Bertz CT molecular complexity index is 1500. The van der Waals surface area contributed by atoms with E-state index >= 15 is 0 Å². The van der Waals surface area contributed by atoms with Gasteiger partial charge in [0.15, 0.2) is 0 Å². The van der Waals surface area contributed by atoms with E-state index in [1.165, 1.54) is 5.56 Å². The molecule has 0 bridgehead atoms. The third-order valence-corrected chi connectivity index (χ3v) is 7.67. The van der Waals surface area contributed by atoms with Gasteiger partial charge in [0, 0.05) is 49.8 Å². The van der Waals surface area contributed by atoms with Crippen LogP contribution in [0.1, 0.15) is 40.0 Å². The number of fused-ring (bicyclic) bond motifs is 1. The fourth-order valence-electron chi connectivity index (χ4n) is 4.98.